The van der Waals surface area contributed by atoms with Crippen LogP contribution in [0, 0.1) is 5.92 Å². The zero-order valence-electron chi connectivity index (χ0n) is 20.4. The summed E-state index contributed by atoms with van der Waals surface area (Å²) in [5.41, 5.74) is 2.95. The number of rotatable bonds is 12. The van der Waals surface area contributed by atoms with Crippen molar-refractivity contribution >= 4 is 15.7 Å². The quantitative estimate of drug-likeness (QED) is 0.417. The number of nitrogens with one attached hydrogen (secondary N) is 1. The number of hydrazine groups is 1. The van der Waals surface area contributed by atoms with Crippen molar-refractivity contribution < 1.29 is 27.9 Å². The van der Waals surface area contributed by atoms with E-state index < -0.39 is 9.84 Å². The highest BCUT2D eigenvalue weighted by atomic mass is 32.2. The molecule has 0 aliphatic heterocycles. The van der Waals surface area contributed by atoms with E-state index in [2.05, 4.69) is 17.3 Å². The number of hydroxylamine groups is 1. The van der Waals surface area contributed by atoms with Crippen LogP contribution >= 0.6 is 0 Å². The third-order valence-electron chi connectivity index (χ3n) is 5.93. The number of amides is 1. The van der Waals surface area contributed by atoms with Crippen molar-refractivity contribution in [1.29, 1.82) is 0 Å². The van der Waals surface area contributed by atoms with Gasteiger partial charge in [0.25, 0.3) is 0 Å². The minimum atomic E-state index is -3.85. The van der Waals surface area contributed by atoms with E-state index in [-0.39, 0.29) is 34.4 Å². The fraction of sp³-hybridized carbons (Fsp3) is 0.520. The first kappa shape index (κ1) is 27.1. The number of nitrogens with zero attached hydrogens (tertiary/aromatic N) is 2. The zero-order valence-corrected chi connectivity index (χ0v) is 21.2. The van der Waals surface area contributed by atoms with Gasteiger partial charge in [0.05, 0.1) is 24.2 Å². The Labute approximate surface area is 207 Å². The molecule has 0 spiro atoms. The first-order valence-corrected chi connectivity index (χ1v) is 13.6. The Morgan fingerprint density at radius 2 is 1.86 bits per heavy atom. The molecule has 10 heteroatoms. The van der Waals surface area contributed by atoms with Crippen LogP contribution in [-0.2, 0) is 25.9 Å². The third kappa shape index (κ3) is 7.99. The fourth-order valence-corrected chi connectivity index (χ4v) is 5.39. The molecule has 0 bridgehead atoms. The summed E-state index contributed by atoms with van der Waals surface area (Å²) < 4.78 is 37.1. The molecule has 192 valence electrons. The van der Waals surface area contributed by atoms with Crippen molar-refractivity contribution in [2.45, 2.75) is 74.9 Å². The molecular weight excluding hydrogens is 470 g/mol. The number of aromatic nitrogens is 1. The third-order valence-corrected chi connectivity index (χ3v) is 7.60. The van der Waals surface area contributed by atoms with E-state index >= 15 is 0 Å². The maximum absolute atomic E-state index is 13.0. The smallest absolute Gasteiger partial charge is 0.236 e. The Morgan fingerprint density at radius 1 is 1.14 bits per heavy atom. The van der Waals surface area contributed by atoms with Crippen molar-refractivity contribution in [2.75, 3.05) is 13.2 Å². The van der Waals surface area contributed by atoms with Gasteiger partial charge in [0.2, 0.25) is 15.7 Å². The number of benzene rings is 1. The van der Waals surface area contributed by atoms with E-state index in [1.807, 2.05) is 6.92 Å². The highest BCUT2D eigenvalue weighted by Crippen LogP contribution is 2.28. The number of carbonyl (C=O) groups is 1. The maximum Gasteiger partial charge on any atom is 0.236 e. The number of carbonyl (C=O) groups excluding carboxylic acids is 1. The second-order valence-corrected chi connectivity index (χ2v) is 10.6. The van der Waals surface area contributed by atoms with Crippen LogP contribution in [0.5, 0.6) is 5.75 Å². The van der Waals surface area contributed by atoms with Crippen molar-refractivity contribution in [1.82, 2.24) is 15.6 Å². The number of sulfone groups is 1. The minimum absolute atomic E-state index is 0.0857. The number of hydrogen-bond acceptors (Lipinski definition) is 8. The summed E-state index contributed by atoms with van der Waals surface area (Å²) >= 11 is 0. The summed E-state index contributed by atoms with van der Waals surface area (Å²) in [7, 11) is -3.85. The predicted octanol–water partition coefficient (Wildman–Crippen LogP) is 3.91. The maximum atomic E-state index is 13.0. The Hall–Kier alpha value is -2.53. The highest BCUT2D eigenvalue weighted by Gasteiger charge is 2.24. The molecule has 1 fully saturated rings. The fourth-order valence-electron chi connectivity index (χ4n) is 4.15. The average Bonchev–Trinajstić information content (AvgIpc) is 2.84. The van der Waals surface area contributed by atoms with Gasteiger partial charge in [-0.1, -0.05) is 12.1 Å². The molecule has 1 aromatic carbocycles. The topological polar surface area (TPSA) is 118 Å². The van der Waals surface area contributed by atoms with Crippen molar-refractivity contribution in [3.05, 3.63) is 48.2 Å². The second kappa shape index (κ2) is 13.0. The van der Waals surface area contributed by atoms with E-state index in [1.54, 1.807) is 18.2 Å². The highest BCUT2D eigenvalue weighted by molar-refractivity contribution is 7.91. The Bertz CT molecular complexity index is 1050. The van der Waals surface area contributed by atoms with E-state index in [4.69, 9.17) is 9.47 Å². The molecule has 2 N–H and O–H groups in total. The Kier molecular flexibility index (Phi) is 10.0. The molecule has 0 saturated heterocycles. The van der Waals surface area contributed by atoms with Gasteiger partial charge < -0.3 is 9.47 Å². The Morgan fingerprint density at radius 3 is 2.51 bits per heavy atom. The van der Waals surface area contributed by atoms with Crippen LogP contribution in [0.2, 0.25) is 0 Å². The van der Waals surface area contributed by atoms with Gasteiger partial charge in [-0.25, -0.2) is 13.4 Å². The molecule has 1 heterocycles. The molecule has 1 saturated carbocycles. The van der Waals surface area contributed by atoms with Crippen LogP contribution in [-0.4, -0.2) is 49.0 Å². The molecule has 3 rings (SSSR count). The number of hydrogen-bond donors (Lipinski definition) is 2. The Balaban J connectivity index is 1.53. The van der Waals surface area contributed by atoms with E-state index in [0.29, 0.717) is 29.5 Å². The predicted molar refractivity (Wildman–Crippen MR) is 129 cm³/mol. The lowest BCUT2D eigenvalue weighted by molar-refractivity contribution is -0.166. The lowest BCUT2D eigenvalue weighted by atomic mass is 9.85. The van der Waals surface area contributed by atoms with Crippen LogP contribution in [0.4, 0.5) is 0 Å². The molecule has 35 heavy (non-hydrogen) atoms. The van der Waals surface area contributed by atoms with Crippen LogP contribution in [0.15, 0.2) is 52.5 Å². The SMILES string of the molecule is CCCOC1CCC(CC(=O)NN(O)Cc2ccnc(S(=O)(=O)c3ccc(OCC)cc3)c2)CC1. The van der Waals surface area contributed by atoms with Crippen LogP contribution < -0.4 is 10.2 Å². The van der Waals surface area contributed by atoms with E-state index in [9.17, 15) is 18.4 Å². The van der Waals surface area contributed by atoms with Gasteiger partial charge in [0.15, 0.2) is 5.03 Å². The monoisotopic (exact) mass is 505 g/mol. The molecule has 1 aliphatic rings. The first-order valence-electron chi connectivity index (χ1n) is 12.1. The summed E-state index contributed by atoms with van der Waals surface area (Å²) in [5.74, 6) is 0.566. The number of ether oxygens (including phenoxy) is 2. The molecule has 0 radical (unpaired) electrons. The summed E-state index contributed by atoms with van der Waals surface area (Å²) in [6.07, 6.45) is 6.71. The standard InChI is InChI=1S/C25H35N3O6S/c1-3-15-34-22-7-5-19(6-8-22)16-24(29)27-28(30)18-20-13-14-26-25(17-20)35(31,32)23-11-9-21(10-12-23)33-4-2/h9-14,17,19,22,30H,3-8,15-16,18H2,1-2H3,(H,27,29). The van der Waals surface area contributed by atoms with Gasteiger partial charge in [-0.2, -0.15) is 0 Å². The minimum Gasteiger partial charge on any atom is -0.494 e. The van der Waals surface area contributed by atoms with Gasteiger partial charge in [-0.05, 0) is 86.9 Å². The largest absolute Gasteiger partial charge is 0.494 e. The van der Waals surface area contributed by atoms with Crippen molar-refractivity contribution in [3.8, 4) is 5.75 Å². The van der Waals surface area contributed by atoms with E-state index in [0.717, 1.165) is 38.7 Å². The molecule has 0 unspecified atom stereocenters. The van der Waals surface area contributed by atoms with Crippen molar-refractivity contribution in [2.24, 2.45) is 5.92 Å². The van der Waals surface area contributed by atoms with Crippen LogP contribution in [0.3, 0.4) is 0 Å². The normalized spacial score (nSPS) is 18.4. The molecular formula is C25H35N3O6S. The first-order chi connectivity index (χ1) is 16.8. The second-order valence-electron chi connectivity index (χ2n) is 8.72. The summed E-state index contributed by atoms with van der Waals surface area (Å²) in [5, 5.41) is 10.8. The molecule has 0 atom stereocenters. The van der Waals surface area contributed by atoms with Gasteiger partial charge in [-0.15, -0.1) is 0 Å². The van der Waals surface area contributed by atoms with Crippen molar-refractivity contribution in [3.63, 3.8) is 0 Å². The van der Waals surface area contributed by atoms with Gasteiger partial charge in [0.1, 0.15) is 5.75 Å². The van der Waals surface area contributed by atoms with E-state index in [1.165, 1.54) is 24.4 Å². The van der Waals surface area contributed by atoms with Crippen LogP contribution in [0.1, 0.15) is 57.9 Å². The lowest BCUT2D eigenvalue weighted by Crippen LogP contribution is -2.40. The molecule has 1 aromatic heterocycles. The number of pyridine rings is 1. The van der Waals surface area contributed by atoms with Gasteiger partial charge in [-0.3, -0.25) is 15.4 Å². The van der Waals surface area contributed by atoms with Gasteiger partial charge >= 0.3 is 0 Å². The average molecular weight is 506 g/mol. The molecule has 1 aliphatic carbocycles. The lowest BCUT2D eigenvalue weighted by Gasteiger charge is -2.28. The summed E-state index contributed by atoms with van der Waals surface area (Å²) in [6, 6.07) is 9.10. The summed E-state index contributed by atoms with van der Waals surface area (Å²) in [6.45, 7) is 5.11. The summed E-state index contributed by atoms with van der Waals surface area (Å²) in [4.78, 5) is 16.5. The molecule has 2 aromatic rings. The zero-order chi connectivity index (χ0) is 25.3. The molecule has 9 nitrogen and oxygen atoms in total. The van der Waals surface area contributed by atoms with Crippen LogP contribution in [0.25, 0.3) is 0 Å². The molecule has 1 amide bonds. The van der Waals surface area contributed by atoms with Gasteiger partial charge in [0, 0.05) is 19.2 Å².